The maximum Gasteiger partial charge on any atom is 0.0746 e. The van der Waals surface area contributed by atoms with Gasteiger partial charge in [-0.15, -0.1) is 11.3 Å². The van der Waals surface area contributed by atoms with Crippen LogP contribution in [0.4, 0.5) is 0 Å². The minimum Gasteiger partial charge on any atom is -0.312 e. The minimum absolute atomic E-state index is 1.04. The highest BCUT2D eigenvalue weighted by molar-refractivity contribution is 9.11. The molecule has 2 heterocycles. The number of rotatable bonds is 0. The third kappa shape index (κ3) is 1.02. The average Bonchev–Trinajstić information content (AvgIpc) is 2.34. The van der Waals surface area contributed by atoms with E-state index in [-0.39, 0.29) is 0 Å². The van der Waals surface area contributed by atoms with Crippen LogP contribution in [0.2, 0.25) is 0 Å². The van der Waals surface area contributed by atoms with Crippen LogP contribution in [0.15, 0.2) is 9.17 Å². The van der Waals surface area contributed by atoms with Crippen LogP contribution in [-0.2, 0) is 13.0 Å². The van der Waals surface area contributed by atoms with Gasteiger partial charge in [0.25, 0.3) is 0 Å². The molecule has 0 aliphatic carbocycles. The molecule has 2 rings (SSSR count). The van der Waals surface area contributed by atoms with Crippen LogP contribution in [0.5, 0.6) is 0 Å². The van der Waals surface area contributed by atoms with Crippen LogP contribution in [0.1, 0.15) is 11.1 Å². The number of halogens is 1. The summed E-state index contributed by atoms with van der Waals surface area (Å²) in [4.78, 5) is 0. The number of thiophene rings is 1. The number of hydrogen-bond donors (Lipinski definition) is 1. The van der Waals surface area contributed by atoms with Gasteiger partial charge in [0.15, 0.2) is 0 Å². The molecule has 1 aliphatic rings. The van der Waals surface area contributed by atoms with Gasteiger partial charge in [-0.2, -0.15) is 0 Å². The summed E-state index contributed by atoms with van der Waals surface area (Å²) in [5.41, 5.74) is 2.99. The lowest BCUT2D eigenvalue weighted by molar-refractivity contribution is 0.646. The van der Waals surface area contributed by atoms with Gasteiger partial charge in [0, 0.05) is 6.54 Å². The molecule has 10 heavy (non-hydrogen) atoms. The topological polar surface area (TPSA) is 12.0 Å². The molecule has 1 N–H and O–H groups in total. The molecule has 1 aliphatic heterocycles. The molecular formula is C7H8BrNS. The molecule has 0 bridgehead atoms. The van der Waals surface area contributed by atoms with Gasteiger partial charge in [-0.3, -0.25) is 0 Å². The van der Waals surface area contributed by atoms with Crippen LogP contribution in [0.25, 0.3) is 0 Å². The van der Waals surface area contributed by atoms with Gasteiger partial charge in [-0.1, -0.05) is 0 Å². The summed E-state index contributed by atoms with van der Waals surface area (Å²) in [5.74, 6) is 0. The first-order chi connectivity index (χ1) is 4.88. The van der Waals surface area contributed by atoms with E-state index < -0.39 is 0 Å². The summed E-state index contributed by atoms with van der Waals surface area (Å²) in [5, 5.41) is 5.59. The van der Waals surface area contributed by atoms with Gasteiger partial charge in [0.2, 0.25) is 0 Å². The van der Waals surface area contributed by atoms with Crippen LogP contribution in [0.3, 0.4) is 0 Å². The highest BCUT2D eigenvalue weighted by Gasteiger charge is 2.12. The zero-order valence-electron chi connectivity index (χ0n) is 5.48. The highest BCUT2D eigenvalue weighted by atomic mass is 79.9. The van der Waals surface area contributed by atoms with Crippen molar-refractivity contribution in [3.8, 4) is 0 Å². The molecule has 0 unspecified atom stereocenters. The fourth-order valence-electron chi connectivity index (χ4n) is 1.22. The highest BCUT2D eigenvalue weighted by Crippen LogP contribution is 2.29. The van der Waals surface area contributed by atoms with Gasteiger partial charge in [-0.05, 0) is 45.4 Å². The maximum atomic E-state index is 3.53. The summed E-state index contributed by atoms with van der Waals surface area (Å²) in [6, 6.07) is 0. The van der Waals surface area contributed by atoms with Crippen molar-refractivity contribution in [1.29, 1.82) is 0 Å². The third-order valence-electron chi connectivity index (χ3n) is 1.80. The van der Waals surface area contributed by atoms with E-state index in [0.717, 1.165) is 13.1 Å². The molecule has 0 saturated carbocycles. The third-order valence-corrected chi connectivity index (χ3v) is 3.70. The normalized spacial score (nSPS) is 16.9. The predicted molar refractivity (Wildman–Crippen MR) is 47.4 cm³/mol. The number of nitrogens with one attached hydrogen (secondary N) is 1. The van der Waals surface area contributed by atoms with E-state index in [1.165, 1.54) is 21.3 Å². The average molecular weight is 218 g/mol. The molecule has 3 heteroatoms. The molecule has 0 atom stereocenters. The van der Waals surface area contributed by atoms with Crippen LogP contribution >= 0.6 is 27.3 Å². The Morgan fingerprint density at radius 2 is 2.50 bits per heavy atom. The number of fused-ring (bicyclic) bond motifs is 1. The van der Waals surface area contributed by atoms with Crippen LogP contribution in [-0.4, -0.2) is 6.54 Å². The standard InChI is InChI=1S/C7H8BrNS/c8-7-6-3-9-2-1-5(6)4-10-7/h4,9H,1-3H2. The quantitative estimate of drug-likeness (QED) is 0.703. The molecule has 0 spiro atoms. The fraction of sp³-hybridized carbons (Fsp3) is 0.429. The second-order valence-electron chi connectivity index (χ2n) is 2.44. The Morgan fingerprint density at radius 3 is 3.30 bits per heavy atom. The van der Waals surface area contributed by atoms with Crippen molar-refractivity contribution in [2.24, 2.45) is 0 Å². The smallest absolute Gasteiger partial charge is 0.0746 e. The lowest BCUT2D eigenvalue weighted by atomic mass is 10.1. The van der Waals surface area contributed by atoms with Crippen molar-refractivity contribution in [2.45, 2.75) is 13.0 Å². The molecule has 1 aromatic rings. The second kappa shape index (κ2) is 2.64. The van der Waals surface area contributed by atoms with Crippen molar-refractivity contribution in [3.05, 3.63) is 20.3 Å². The van der Waals surface area contributed by atoms with Crippen molar-refractivity contribution >= 4 is 27.3 Å². The minimum atomic E-state index is 1.04. The zero-order chi connectivity index (χ0) is 6.97. The Kier molecular flexibility index (Phi) is 1.80. The summed E-state index contributed by atoms with van der Waals surface area (Å²) in [7, 11) is 0. The molecule has 54 valence electrons. The van der Waals surface area contributed by atoms with Crippen molar-refractivity contribution in [1.82, 2.24) is 5.32 Å². The van der Waals surface area contributed by atoms with Gasteiger partial charge in [-0.25, -0.2) is 0 Å². The first-order valence-corrected chi connectivity index (χ1v) is 5.00. The van der Waals surface area contributed by atoms with Crippen LogP contribution in [0, 0.1) is 0 Å². The maximum absolute atomic E-state index is 3.53. The second-order valence-corrected chi connectivity index (χ2v) is 4.64. The molecule has 0 amide bonds. The van der Waals surface area contributed by atoms with E-state index in [1.807, 2.05) is 0 Å². The van der Waals surface area contributed by atoms with E-state index in [0.29, 0.717) is 0 Å². The van der Waals surface area contributed by atoms with Crippen molar-refractivity contribution in [3.63, 3.8) is 0 Å². The zero-order valence-corrected chi connectivity index (χ0v) is 7.89. The lowest BCUT2D eigenvalue weighted by Gasteiger charge is -2.12. The largest absolute Gasteiger partial charge is 0.312 e. The van der Waals surface area contributed by atoms with E-state index in [4.69, 9.17) is 0 Å². The molecule has 0 saturated heterocycles. The molecule has 0 aromatic carbocycles. The monoisotopic (exact) mass is 217 g/mol. The molecule has 0 radical (unpaired) electrons. The van der Waals surface area contributed by atoms with Gasteiger partial charge in [0.1, 0.15) is 0 Å². The Bertz CT molecular complexity index is 244. The summed E-state index contributed by atoms with van der Waals surface area (Å²) < 4.78 is 1.30. The van der Waals surface area contributed by atoms with Crippen molar-refractivity contribution in [2.75, 3.05) is 6.54 Å². The lowest BCUT2D eigenvalue weighted by Crippen LogP contribution is -2.22. The SMILES string of the molecule is Brc1scc2c1CNCC2. The first-order valence-electron chi connectivity index (χ1n) is 3.33. The molecule has 1 aromatic heterocycles. The Balaban J connectivity index is 2.45. The van der Waals surface area contributed by atoms with Gasteiger partial charge < -0.3 is 5.32 Å². The molecule has 0 fully saturated rings. The van der Waals surface area contributed by atoms with Gasteiger partial charge >= 0.3 is 0 Å². The Morgan fingerprint density at radius 1 is 1.60 bits per heavy atom. The predicted octanol–water partition coefficient (Wildman–Crippen LogP) is 2.16. The van der Waals surface area contributed by atoms with E-state index in [2.05, 4.69) is 26.6 Å². The van der Waals surface area contributed by atoms with Gasteiger partial charge in [0.05, 0.1) is 3.79 Å². The van der Waals surface area contributed by atoms with E-state index in [9.17, 15) is 0 Å². The van der Waals surface area contributed by atoms with E-state index >= 15 is 0 Å². The summed E-state index contributed by atoms with van der Waals surface area (Å²) >= 11 is 5.33. The van der Waals surface area contributed by atoms with E-state index in [1.54, 1.807) is 11.3 Å². The first kappa shape index (κ1) is 6.83. The Labute approximate surface area is 72.6 Å². The summed E-state index contributed by atoms with van der Waals surface area (Å²) in [6.45, 7) is 2.18. The number of hydrogen-bond acceptors (Lipinski definition) is 2. The van der Waals surface area contributed by atoms with Crippen LogP contribution < -0.4 is 5.32 Å². The molecular weight excluding hydrogens is 210 g/mol. The van der Waals surface area contributed by atoms with Crippen molar-refractivity contribution < 1.29 is 0 Å². The Hall–Kier alpha value is 0.140. The summed E-state index contributed by atoms with van der Waals surface area (Å²) in [6.07, 6.45) is 1.19. The molecule has 1 nitrogen and oxygen atoms in total. The fourth-order valence-corrected chi connectivity index (χ4v) is 2.75.